The van der Waals surface area contributed by atoms with E-state index in [9.17, 15) is 14.7 Å². The van der Waals surface area contributed by atoms with E-state index in [0.29, 0.717) is 5.56 Å². The Morgan fingerprint density at radius 1 is 1.29 bits per heavy atom. The zero-order chi connectivity index (χ0) is 15.2. The van der Waals surface area contributed by atoms with Crippen molar-refractivity contribution in [2.75, 3.05) is 6.54 Å². The van der Waals surface area contributed by atoms with Gasteiger partial charge in [-0.1, -0.05) is 30.3 Å². The summed E-state index contributed by atoms with van der Waals surface area (Å²) in [5, 5.41) is 16.0. The predicted molar refractivity (Wildman–Crippen MR) is 76.8 cm³/mol. The van der Waals surface area contributed by atoms with Gasteiger partial charge in [-0.3, -0.25) is 14.3 Å². The molecule has 0 spiro atoms. The van der Waals surface area contributed by atoms with E-state index in [1.807, 2.05) is 6.07 Å². The van der Waals surface area contributed by atoms with Crippen LogP contribution in [-0.2, 0) is 9.59 Å². The molecule has 1 aromatic carbocycles. The zero-order valence-corrected chi connectivity index (χ0v) is 11.6. The molecule has 0 aliphatic carbocycles. The lowest BCUT2D eigenvalue weighted by Crippen LogP contribution is -2.36. The summed E-state index contributed by atoms with van der Waals surface area (Å²) in [5.74, 6) is -1.99. The molecule has 0 radical (unpaired) electrons. The first-order chi connectivity index (χ1) is 10.1. The molecule has 0 aliphatic heterocycles. The fraction of sp³-hybridized carbons (Fsp3) is 0.267. The third-order valence-electron chi connectivity index (χ3n) is 3.28. The summed E-state index contributed by atoms with van der Waals surface area (Å²) < 4.78 is 1.52. The number of hydrogen-bond donors (Lipinski definition) is 2. The highest BCUT2D eigenvalue weighted by Gasteiger charge is 2.22. The Kier molecular flexibility index (Phi) is 4.71. The number of carboxylic acids is 1. The zero-order valence-electron chi connectivity index (χ0n) is 11.6. The number of rotatable bonds is 6. The van der Waals surface area contributed by atoms with Crippen molar-refractivity contribution in [3.05, 3.63) is 54.4 Å². The van der Waals surface area contributed by atoms with Gasteiger partial charge >= 0.3 is 5.97 Å². The summed E-state index contributed by atoms with van der Waals surface area (Å²) in [6.07, 6.45) is 3.28. The van der Waals surface area contributed by atoms with Gasteiger partial charge in [0, 0.05) is 18.9 Å². The van der Waals surface area contributed by atoms with Crippen molar-refractivity contribution in [1.29, 1.82) is 0 Å². The third-order valence-corrected chi connectivity index (χ3v) is 3.28. The summed E-state index contributed by atoms with van der Waals surface area (Å²) in [5.41, 5.74) is 0.664. The van der Waals surface area contributed by atoms with Gasteiger partial charge in [-0.15, -0.1) is 0 Å². The second-order valence-corrected chi connectivity index (χ2v) is 4.71. The normalized spacial score (nSPS) is 13.4. The Bertz CT molecular complexity index is 596. The summed E-state index contributed by atoms with van der Waals surface area (Å²) in [6, 6.07) is 10.1. The number of amides is 1. The van der Waals surface area contributed by atoms with Gasteiger partial charge in [0.1, 0.15) is 6.04 Å². The minimum atomic E-state index is -0.965. The molecule has 1 amide bonds. The van der Waals surface area contributed by atoms with Crippen molar-refractivity contribution in [2.45, 2.75) is 18.9 Å². The van der Waals surface area contributed by atoms with Gasteiger partial charge in [0.15, 0.2) is 0 Å². The maximum atomic E-state index is 12.0. The van der Waals surface area contributed by atoms with E-state index in [1.54, 1.807) is 49.6 Å². The van der Waals surface area contributed by atoms with Crippen molar-refractivity contribution < 1.29 is 14.7 Å². The van der Waals surface area contributed by atoms with Gasteiger partial charge < -0.3 is 10.4 Å². The topological polar surface area (TPSA) is 84.2 Å². The first-order valence-electron chi connectivity index (χ1n) is 6.64. The third kappa shape index (κ3) is 3.68. The lowest BCUT2D eigenvalue weighted by Gasteiger charge is -2.16. The fourth-order valence-electron chi connectivity index (χ4n) is 2.01. The lowest BCUT2D eigenvalue weighted by atomic mass is 9.99. The van der Waals surface area contributed by atoms with Crippen LogP contribution in [0.4, 0.5) is 0 Å². The Morgan fingerprint density at radius 2 is 2.00 bits per heavy atom. The van der Waals surface area contributed by atoms with Crippen LogP contribution in [0.1, 0.15) is 24.4 Å². The largest absolute Gasteiger partial charge is 0.481 e. The first-order valence-corrected chi connectivity index (χ1v) is 6.64. The maximum Gasteiger partial charge on any atom is 0.312 e. The molecule has 21 heavy (non-hydrogen) atoms. The molecule has 6 heteroatoms. The molecular weight excluding hydrogens is 270 g/mol. The summed E-state index contributed by atoms with van der Waals surface area (Å²) in [4.78, 5) is 23.4. The number of carbonyl (C=O) groups is 2. The van der Waals surface area contributed by atoms with E-state index in [4.69, 9.17) is 0 Å². The molecule has 0 saturated carbocycles. The fourth-order valence-corrected chi connectivity index (χ4v) is 2.01. The average Bonchev–Trinajstić information content (AvgIpc) is 3.01. The van der Waals surface area contributed by atoms with Crippen molar-refractivity contribution in [3.63, 3.8) is 0 Å². The molecule has 2 rings (SSSR count). The van der Waals surface area contributed by atoms with Gasteiger partial charge in [0.05, 0.1) is 5.92 Å². The number of benzene rings is 1. The number of hydrogen-bond acceptors (Lipinski definition) is 3. The summed E-state index contributed by atoms with van der Waals surface area (Å²) in [7, 11) is 0. The quantitative estimate of drug-likeness (QED) is 0.841. The molecule has 1 aromatic heterocycles. The lowest BCUT2D eigenvalue weighted by molar-refractivity contribution is -0.138. The first kappa shape index (κ1) is 14.8. The highest BCUT2D eigenvalue weighted by molar-refractivity contribution is 5.82. The molecule has 1 heterocycles. The Labute approximate surface area is 122 Å². The molecule has 0 saturated heterocycles. The Balaban J connectivity index is 1.99. The van der Waals surface area contributed by atoms with E-state index < -0.39 is 17.9 Å². The van der Waals surface area contributed by atoms with Crippen LogP contribution in [-0.4, -0.2) is 33.3 Å². The Hall–Kier alpha value is -2.63. The van der Waals surface area contributed by atoms with E-state index in [-0.39, 0.29) is 12.5 Å². The van der Waals surface area contributed by atoms with Gasteiger partial charge in [0.25, 0.3) is 0 Å². The van der Waals surface area contributed by atoms with Crippen LogP contribution >= 0.6 is 0 Å². The van der Waals surface area contributed by atoms with Crippen LogP contribution in [0.3, 0.4) is 0 Å². The minimum absolute atomic E-state index is 0.0454. The molecular formula is C15H17N3O3. The number of nitrogens with zero attached hydrogens (tertiary/aromatic N) is 2. The molecule has 6 nitrogen and oxygen atoms in total. The van der Waals surface area contributed by atoms with Gasteiger partial charge in [0.2, 0.25) is 5.91 Å². The van der Waals surface area contributed by atoms with Crippen LogP contribution in [0.2, 0.25) is 0 Å². The van der Waals surface area contributed by atoms with E-state index in [0.717, 1.165) is 0 Å². The van der Waals surface area contributed by atoms with Gasteiger partial charge in [-0.2, -0.15) is 5.10 Å². The Morgan fingerprint density at radius 3 is 2.57 bits per heavy atom. The predicted octanol–water partition coefficient (Wildman–Crippen LogP) is 1.43. The number of aliphatic carboxylic acids is 1. The number of aromatic nitrogens is 2. The highest BCUT2D eigenvalue weighted by atomic mass is 16.4. The molecule has 0 bridgehead atoms. The molecule has 2 aromatic rings. The molecule has 2 atom stereocenters. The van der Waals surface area contributed by atoms with Crippen LogP contribution < -0.4 is 5.32 Å². The van der Waals surface area contributed by atoms with Crippen molar-refractivity contribution in [3.8, 4) is 0 Å². The minimum Gasteiger partial charge on any atom is -0.481 e. The molecule has 0 aliphatic rings. The van der Waals surface area contributed by atoms with Crippen molar-refractivity contribution >= 4 is 11.9 Å². The summed E-state index contributed by atoms with van der Waals surface area (Å²) >= 11 is 0. The summed E-state index contributed by atoms with van der Waals surface area (Å²) in [6.45, 7) is 1.75. The molecule has 2 unspecified atom stereocenters. The second-order valence-electron chi connectivity index (χ2n) is 4.71. The van der Waals surface area contributed by atoms with Crippen LogP contribution in [0, 0.1) is 0 Å². The average molecular weight is 287 g/mol. The van der Waals surface area contributed by atoms with E-state index in [1.165, 1.54) is 4.68 Å². The highest BCUT2D eigenvalue weighted by Crippen LogP contribution is 2.15. The maximum absolute atomic E-state index is 12.0. The second kappa shape index (κ2) is 6.69. The van der Waals surface area contributed by atoms with Crippen LogP contribution in [0.25, 0.3) is 0 Å². The van der Waals surface area contributed by atoms with Crippen LogP contribution in [0.15, 0.2) is 48.8 Å². The molecule has 0 fully saturated rings. The van der Waals surface area contributed by atoms with Crippen LogP contribution in [0.5, 0.6) is 0 Å². The van der Waals surface area contributed by atoms with Gasteiger partial charge in [-0.05, 0) is 18.6 Å². The van der Waals surface area contributed by atoms with E-state index in [2.05, 4.69) is 10.4 Å². The number of carbonyl (C=O) groups excluding carboxylic acids is 1. The van der Waals surface area contributed by atoms with Gasteiger partial charge in [-0.25, -0.2) is 0 Å². The number of nitrogens with one attached hydrogen (secondary N) is 1. The monoisotopic (exact) mass is 287 g/mol. The van der Waals surface area contributed by atoms with Crippen molar-refractivity contribution in [1.82, 2.24) is 15.1 Å². The smallest absolute Gasteiger partial charge is 0.312 e. The standard InChI is InChI=1S/C15H17N3O3/c1-11(18-9-5-8-17-18)14(19)16-10-13(15(20)21)12-6-3-2-4-7-12/h2-9,11,13H,10H2,1H3,(H,16,19)(H,20,21). The molecule has 2 N–H and O–H groups in total. The van der Waals surface area contributed by atoms with E-state index >= 15 is 0 Å². The SMILES string of the molecule is CC(C(=O)NCC(C(=O)O)c1ccccc1)n1cccn1. The molecule has 110 valence electrons. The van der Waals surface area contributed by atoms with Crippen molar-refractivity contribution in [2.24, 2.45) is 0 Å². The number of carboxylic acid groups (broad SMARTS) is 1.